The monoisotopic (exact) mass is 383 g/mol. The quantitative estimate of drug-likeness (QED) is 0.776. The molecule has 0 aliphatic carbocycles. The van der Waals surface area contributed by atoms with Gasteiger partial charge in [0.25, 0.3) is 0 Å². The number of amides is 2. The third-order valence-electron chi connectivity index (χ3n) is 4.55. The van der Waals surface area contributed by atoms with Gasteiger partial charge in [-0.05, 0) is 30.7 Å². The molecule has 3 rings (SSSR count). The normalized spacial score (nSPS) is 14.4. The number of aromatic nitrogens is 1. The first-order valence-corrected chi connectivity index (χ1v) is 9.51. The lowest BCUT2D eigenvalue weighted by Gasteiger charge is -2.32. The van der Waals surface area contributed by atoms with Crippen molar-refractivity contribution in [3.05, 3.63) is 48.8 Å². The Balaban J connectivity index is 1.48. The van der Waals surface area contributed by atoms with Crippen molar-refractivity contribution in [3.63, 3.8) is 0 Å². The smallest absolute Gasteiger partial charge is 0.325 e. The highest BCUT2D eigenvalue weighted by molar-refractivity contribution is 5.80. The fourth-order valence-corrected chi connectivity index (χ4v) is 3.12. The van der Waals surface area contributed by atoms with Crippen LogP contribution in [-0.2, 0) is 9.53 Å². The molecule has 1 saturated heterocycles. The molecule has 1 aromatic heterocycles. The first-order valence-electron chi connectivity index (χ1n) is 9.51. The highest BCUT2D eigenvalue weighted by Gasteiger charge is 2.24. The van der Waals surface area contributed by atoms with Gasteiger partial charge in [-0.15, -0.1) is 0 Å². The summed E-state index contributed by atoms with van der Waals surface area (Å²) in [6.45, 7) is 3.10. The molecule has 28 heavy (non-hydrogen) atoms. The molecule has 1 N–H and O–H groups in total. The van der Waals surface area contributed by atoms with E-state index in [1.165, 1.54) is 0 Å². The van der Waals surface area contributed by atoms with Crippen molar-refractivity contribution in [2.75, 3.05) is 26.2 Å². The number of nitrogens with one attached hydrogen (secondary N) is 1. The molecule has 7 nitrogen and oxygen atoms in total. The molecule has 2 amide bonds. The van der Waals surface area contributed by atoms with E-state index in [4.69, 9.17) is 9.47 Å². The zero-order chi connectivity index (χ0) is 19.8. The van der Waals surface area contributed by atoms with Crippen molar-refractivity contribution < 1.29 is 19.1 Å². The number of hydrogen-bond acceptors (Lipinski definition) is 5. The highest BCUT2D eigenvalue weighted by Crippen LogP contribution is 2.25. The van der Waals surface area contributed by atoms with E-state index in [1.807, 2.05) is 42.6 Å². The van der Waals surface area contributed by atoms with Crippen molar-refractivity contribution >= 4 is 12.0 Å². The summed E-state index contributed by atoms with van der Waals surface area (Å²) in [6.07, 6.45) is 5.11. The van der Waals surface area contributed by atoms with Crippen LogP contribution in [0, 0.1) is 0 Å². The van der Waals surface area contributed by atoms with Gasteiger partial charge in [-0.3, -0.25) is 9.78 Å². The summed E-state index contributed by atoms with van der Waals surface area (Å²) in [5, 5.41) is 2.59. The Labute approximate surface area is 164 Å². The standard InChI is InChI=1S/C21H25N3O4/c1-2-27-20(25)15-23-21(26)24-11-8-18(9-12-24)28-19-7-3-5-16(13-19)17-6-4-10-22-14-17/h3-7,10,13-14,18H,2,8-9,11-12,15H2,1H3,(H,23,26). The number of ether oxygens (including phenoxy) is 2. The fourth-order valence-electron chi connectivity index (χ4n) is 3.12. The SMILES string of the molecule is CCOC(=O)CNC(=O)N1CCC(Oc2cccc(-c3cccnc3)c2)CC1. The lowest BCUT2D eigenvalue weighted by Crippen LogP contribution is -2.47. The number of carbonyl (C=O) groups is 2. The number of carbonyl (C=O) groups excluding carboxylic acids is 2. The first-order chi connectivity index (χ1) is 13.7. The average Bonchev–Trinajstić information content (AvgIpc) is 2.74. The predicted molar refractivity (Wildman–Crippen MR) is 105 cm³/mol. The summed E-state index contributed by atoms with van der Waals surface area (Å²) in [5.41, 5.74) is 2.10. The van der Waals surface area contributed by atoms with Gasteiger partial charge < -0.3 is 19.7 Å². The van der Waals surface area contributed by atoms with Gasteiger partial charge in [0.1, 0.15) is 18.4 Å². The lowest BCUT2D eigenvalue weighted by atomic mass is 10.1. The van der Waals surface area contributed by atoms with Gasteiger partial charge in [-0.1, -0.05) is 18.2 Å². The Morgan fingerprint density at radius 1 is 1.18 bits per heavy atom. The van der Waals surface area contributed by atoms with Crippen LogP contribution >= 0.6 is 0 Å². The highest BCUT2D eigenvalue weighted by atomic mass is 16.5. The molecule has 1 aromatic carbocycles. The maximum atomic E-state index is 12.1. The zero-order valence-electron chi connectivity index (χ0n) is 16.0. The molecule has 7 heteroatoms. The van der Waals surface area contributed by atoms with Crippen LogP contribution in [0.15, 0.2) is 48.8 Å². The summed E-state index contributed by atoms with van der Waals surface area (Å²) >= 11 is 0. The van der Waals surface area contributed by atoms with Gasteiger partial charge in [0.2, 0.25) is 0 Å². The Bertz CT molecular complexity index is 789. The molecule has 1 aliphatic rings. The molecule has 0 bridgehead atoms. The summed E-state index contributed by atoms with van der Waals surface area (Å²) < 4.78 is 10.9. The number of hydrogen-bond donors (Lipinski definition) is 1. The van der Waals surface area contributed by atoms with Crippen molar-refractivity contribution in [2.24, 2.45) is 0 Å². The Kier molecular flexibility index (Phi) is 6.84. The molecule has 0 unspecified atom stereocenters. The Morgan fingerprint density at radius 2 is 1.96 bits per heavy atom. The second-order valence-corrected chi connectivity index (χ2v) is 6.54. The van der Waals surface area contributed by atoms with Crippen LogP contribution in [0.5, 0.6) is 5.75 Å². The van der Waals surface area contributed by atoms with Crippen molar-refractivity contribution in [1.82, 2.24) is 15.2 Å². The van der Waals surface area contributed by atoms with Crippen molar-refractivity contribution in [2.45, 2.75) is 25.9 Å². The molecule has 0 saturated carbocycles. The van der Waals surface area contributed by atoms with E-state index in [1.54, 1.807) is 18.0 Å². The number of esters is 1. The van der Waals surface area contributed by atoms with E-state index in [0.717, 1.165) is 29.7 Å². The predicted octanol–water partition coefficient (Wildman–Crippen LogP) is 2.86. The van der Waals surface area contributed by atoms with E-state index < -0.39 is 5.97 Å². The molecule has 148 valence electrons. The number of pyridine rings is 1. The molecule has 0 radical (unpaired) electrons. The number of rotatable bonds is 6. The molecular weight excluding hydrogens is 358 g/mol. The molecule has 1 aliphatic heterocycles. The largest absolute Gasteiger partial charge is 0.490 e. The fraction of sp³-hybridized carbons (Fsp3) is 0.381. The minimum Gasteiger partial charge on any atom is -0.490 e. The second kappa shape index (κ2) is 9.73. The summed E-state index contributed by atoms with van der Waals surface area (Å²) in [7, 11) is 0. The number of piperidine rings is 1. The third kappa shape index (κ3) is 5.45. The van der Waals surface area contributed by atoms with E-state index >= 15 is 0 Å². The van der Waals surface area contributed by atoms with Gasteiger partial charge in [0.05, 0.1) is 6.61 Å². The number of urea groups is 1. The van der Waals surface area contributed by atoms with Crippen LogP contribution in [0.3, 0.4) is 0 Å². The van der Waals surface area contributed by atoms with E-state index in [2.05, 4.69) is 10.3 Å². The second-order valence-electron chi connectivity index (χ2n) is 6.54. The average molecular weight is 383 g/mol. The third-order valence-corrected chi connectivity index (χ3v) is 4.55. The molecule has 1 fully saturated rings. The summed E-state index contributed by atoms with van der Waals surface area (Å²) in [6, 6.07) is 11.6. The molecular formula is C21H25N3O4. The van der Waals surface area contributed by atoms with Crippen LogP contribution in [-0.4, -0.2) is 54.2 Å². The zero-order valence-corrected chi connectivity index (χ0v) is 16.0. The summed E-state index contributed by atoms with van der Waals surface area (Å²) in [4.78, 5) is 29.3. The minimum atomic E-state index is -0.428. The number of benzene rings is 1. The van der Waals surface area contributed by atoms with Crippen LogP contribution in [0.25, 0.3) is 11.1 Å². The van der Waals surface area contributed by atoms with E-state index in [9.17, 15) is 9.59 Å². The first kappa shape index (κ1) is 19.7. The number of nitrogens with zero attached hydrogens (tertiary/aromatic N) is 2. The van der Waals surface area contributed by atoms with Crippen LogP contribution < -0.4 is 10.1 Å². The van der Waals surface area contributed by atoms with E-state index in [0.29, 0.717) is 19.7 Å². The van der Waals surface area contributed by atoms with Crippen LogP contribution in [0.1, 0.15) is 19.8 Å². The van der Waals surface area contributed by atoms with Gasteiger partial charge >= 0.3 is 12.0 Å². The Morgan fingerprint density at radius 3 is 2.68 bits per heavy atom. The van der Waals surface area contributed by atoms with Crippen molar-refractivity contribution in [1.29, 1.82) is 0 Å². The lowest BCUT2D eigenvalue weighted by molar-refractivity contribution is -0.141. The van der Waals surface area contributed by atoms with Crippen LogP contribution in [0.2, 0.25) is 0 Å². The molecule has 0 spiro atoms. The number of likely N-dealkylation sites (tertiary alicyclic amines) is 1. The van der Waals surface area contributed by atoms with Crippen LogP contribution in [0.4, 0.5) is 4.79 Å². The van der Waals surface area contributed by atoms with Gasteiger partial charge in [-0.2, -0.15) is 0 Å². The van der Waals surface area contributed by atoms with Gasteiger partial charge in [0.15, 0.2) is 0 Å². The van der Waals surface area contributed by atoms with Gasteiger partial charge in [-0.25, -0.2) is 4.79 Å². The molecule has 2 aromatic rings. The topological polar surface area (TPSA) is 80.8 Å². The maximum Gasteiger partial charge on any atom is 0.325 e. The Hall–Kier alpha value is -3.09. The maximum absolute atomic E-state index is 12.1. The van der Waals surface area contributed by atoms with E-state index in [-0.39, 0.29) is 18.7 Å². The minimum absolute atomic E-state index is 0.0539. The molecule has 2 heterocycles. The van der Waals surface area contributed by atoms with Crippen molar-refractivity contribution in [3.8, 4) is 16.9 Å². The summed E-state index contributed by atoms with van der Waals surface area (Å²) in [5.74, 6) is 0.383. The van der Waals surface area contributed by atoms with Gasteiger partial charge in [0, 0.05) is 43.9 Å². The molecule has 0 atom stereocenters.